The van der Waals surface area contributed by atoms with E-state index >= 15 is 0 Å². The van der Waals surface area contributed by atoms with Crippen molar-refractivity contribution < 1.29 is 9.90 Å². The highest BCUT2D eigenvalue weighted by atomic mass is 79.9. The third-order valence-corrected chi connectivity index (χ3v) is 4.26. The highest BCUT2D eigenvalue weighted by Gasteiger charge is 2.43. The Kier molecular flexibility index (Phi) is 4.58. The number of rotatable bonds is 5. The summed E-state index contributed by atoms with van der Waals surface area (Å²) in [5, 5.41) is 9.47. The normalized spacial score (nSPS) is 23.7. The van der Waals surface area contributed by atoms with Gasteiger partial charge in [0.05, 0.1) is 11.1 Å². The van der Waals surface area contributed by atoms with Gasteiger partial charge in [-0.3, -0.25) is 14.7 Å². The smallest absolute Gasteiger partial charge is 0.310 e. The second-order valence-corrected chi connectivity index (χ2v) is 6.18. The number of hydrogen-bond donors (Lipinski definition) is 1. The van der Waals surface area contributed by atoms with Gasteiger partial charge in [-0.05, 0) is 47.4 Å². The summed E-state index contributed by atoms with van der Waals surface area (Å²) in [7, 11) is 0. The number of aliphatic carboxylic acids is 1. The summed E-state index contributed by atoms with van der Waals surface area (Å²) in [4.78, 5) is 18.0. The summed E-state index contributed by atoms with van der Waals surface area (Å²) in [6, 6.07) is 3.94. The third-order valence-electron chi connectivity index (χ3n) is 3.79. The fraction of sp³-hybridized carbons (Fsp3) is 0.571. The largest absolute Gasteiger partial charge is 0.481 e. The van der Waals surface area contributed by atoms with Crippen molar-refractivity contribution in [3.8, 4) is 0 Å². The molecule has 1 atom stereocenters. The molecule has 5 heteroatoms. The predicted octanol–water partition coefficient (Wildman–Crippen LogP) is 2.92. The molecular formula is C14H19BrN2O2. The molecule has 1 aliphatic rings. The van der Waals surface area contributed by atoms with Gasteiger partial charge in [0.1, 0.15) is 0 Å². The maximum absolute atomic E-state index is 11.5. The van der Waals surface area contributed by atoms with Crippen LogP contribution in [0.15, 0.2) is 22.8 Å². The van der Waals surface area contributed by atoms with Crippen LogP contribution in [0.3, 0.4) is 0 Å². The Morgan fingerprint density at radius 3 is 2.95 bits per heavy atom. The number of halogens is 1. The number of carbonyl (C=O) groups is 1. The summed E-state index contributed by atoms with van der Waals surface area (Å²) in [5.74, 6) is -0.652. The molecule has 104 valence electrons. The number of hydrogen-bond acceptors (Lipinski definition) is 3. The SMILES string of the molecule is CCCC1(C(=O)O)CCN(Cc2ccc(Br)cn2)C1. The quantitative estimate of drug-likeness (QED) is 0.903. The van der Waals surface area contributed by atoms with Crippen LogP contribution >= 0.6 is 15.9 Å². The third kappa shape index (κ3) is 3.34. The number of carboxylic acid groups (broad SMARTS) is 1. The fourth-order valence-corrected chi connectivity index (χ4v) is 3.02. The molecule has 1 unspecified atom stereocenters. The molecule has 4 nitrogen and oxygen atoms in total. The molecule has 1 aliphatic heterocycles. The van der Waals surface area contributed by atoms with Crippen molar-refractivity contribution >= 4 is 21.9 Å². The zero-order valence-electron chi connectivity index (χ0n) is 11.1. The van der Waals surface area contributed by atoms with E-state index in [1.165, 1.54) is 0 Å². The van der Waals surface area contributed by atoms with E-state index in [-0.39, 0.29) is 0 Å². The number of aromatic nitrogens is 1. The molecule has 1 aromatic heterocycles. The molecule has 0 amide bonds. The van der Waals surface area contributed by atoms with Crippen molar-refractivity contribution in [1.29, 1.82) is 0 Å². The van der Waals surface area contributed by atoms with Gasteiger partial charge in [-0.1, -0.05) is 13.3 Å². The van der Waals surface area contributed by atoms with E-state index in [1.54, 1.807) is 6.20 Å². The maximum Gasteiger partial charge on any atom is 0.310 e. The van der Waals surface area contributed by atoms with Crippen molar-refractivity contribution in [1.82, 2.24) is 9.88 Å². The van der Waals surface area contributed by atoms with E-state index in [4.69, 9.17) is 0 Å². The molecule has 0 bridgehead atoms. The number of nitrogens with zero attached hydrogens (tertiary/aromatic N) is 2. The molecule has 0 radical (unpaired) electrons. The Bertz CT molecular complexity index is 449. The van der Waals surface area contributed by atoms with Gasteiger partial charge < -0.3 is 5.11 Å². The Hall–Kier alpha value is -0.940. The molecule has 2 rings (SSSR count). The van der Waals surface area contributed by atoms with E-state index in [9.17, 15) is 9.90 Å². The minimum Gasteiger partial charge on any atom is -0.481 e. The maximum atomic E-state index is 11.5. The van der Waals surface area contributed by atoms with Crippen molar-refractivity contribution in [2.24, 2.45) is 5.41 Å². The van der Waals surface area contributed by atoms with Gasteiger partial charge >= 0.3 is 5.97 Å². The summed E-state index contributed by atoms with van der Waals surface area (Å²) in [5.41, 5.74) is 0.435. The van der Waals surface area contributed by atoms with Crippen LogP contribution in [0.4, 0.5) is 0 Å². The van der Waals surface area contributed by atoms with Gasteiger partial charge in [0.25, 0.3) is 0 Å². The molecule has 0 aromatic carbocycles. The lowest BCUT2D eigenvalue weighted by Gasteiger charge is -2.24. The van der Waals surface area contributed by atoms with Crippen LogP contribution in [-0.2, 0) is 11.3 Å². The molecule has 1 aromatic rings. The van der Waals surface area contributed by atoms with E-state index in [0.29, 0.717) is 6.54 Å². The van der Waals surface area contributed by atoms with Gasteiger partial charge in [-0.15, -0.1) is 0 Å². The zero-order valence-corrected chi connectivity index (χ0v) is 12.7. The molecule has 1 saturated heterocycles. The molecule has 1 N–H and O–H groups in total. The van der Waals surface area contributed by atoms with Gasteiger partial charge in [-0.25, -0.2) is 0 Å². The first-order valence-electron chi connectivity index (χ1n) is 6.62. The number of pyridine rings is 1. The lowest BCUT2D eigenvalue weighted by atomic mass is 9.83. The lowest BCUT2D eigenvalue weighted by Crippen LogP contribution is -2.34. The Morgan fingerprint density at radius 1 is 1.58 bits per heavy atom. The molecule has 0 spiro atoms. The average Bonchev–Trinajstić information content (AvgIpc) is 2.77. The van der Waals surface area contributed by atoms with Gasteiger partial charge in [0, 0.05) is 23.8 Å². The first-order valence-corrected chi connectivity index (χ1v) is 7.41. The van der Waals surface area contributed by atoms with E-state index in [0.717, 1.165) is 42.5 Å². The van der Waals surface area contributed by atoms with Gasteiger partial charge in [0.2, 0.25) is 0 Å². The van der Waals surface area contributed by atoms with Crippen LogP contribution in [0.25, 0.3) is 0 Å². The highest BCUT2D eigenvalue weighted by molar-refractivity contribution is 9.10. The van der Waals surface area contributed by atoms with Crippen LogP contribution in [-0.4, -0.2) is 34.0 Å². The van der Waals surface area contributed by atoms with Crippen LogP contribution in [0.5, 0.6) is 0 Å². The standard InChI is InChI=1S/C14H19BrN2O2/c1-2-5-14(13(18)19)6-7-17(10-14)9-12-4-3-11(15)8-16-12/h3-4,8H,2,5-7,9-10H2,1H3,(H,18,19). The van der Waals surface area contributed by atoms with E-state index < -0.39 is 11.4 Å². The molecule has 0 saturated carbocycles. The second-order valence-electron chi connectivity index (χ2n) is 5.26. The van der Waals surface area contributed by atoms with Crippen molar-refractivity contribution in [2.75, 3.05) is 13.1 Å². The van der Waals surface area contributed by atoms with Crippen LogP contribution in [0.1, 0.15) is 31.9 Å². The first kappa shape index (κ1) is 14.5. The summed E-state index contributed by atoms with van der Waals surface area (Å²) in [6.45, 7) is 4.24. The number of likely N-dealkylation sites (tertiary alicyclic amines) is 1. The molecule has 0 aliphatic carbocycles. The lowest BCUT2D eigenvalue weighted by molar-refractivity contribution is -0.148. The minimum atomic E-state index is -0.652. The number of carboxylic acids is 1. The monoisotopic (exact) mass is 326 g/mol. The Labute approximate surface area is 122 Å². The van der Waals surface area contributed by atoms with Crippen molar-refractivity contribution in [3.63, 3.8) is 0 Å². The molecule has 1 fully saturated rings. The predicted molar refractivity (Wildman–Crippen MR) is 76.8 cm³/mol. The molecule has 2 heterocycles. The van der Waals surface area contributed by atoms with Crippen LogP contribution in [0, 0.1) is 5.41 Å². The van der Waals surface area contributed by atoms with E-state index in [2.05, 4.69) is 25.8 Å². The second kappa shape index (κ2) is 6.01. The van der Waals surface area contributed by atoms with Crippen LogP contribution in [0.2, 0.25) is 0 Å². The van der Waals surface area contributed by atoms with Crippen LogP contribution < -0.4 is 0 Å². The Balaban J connectivity index is 2.01. The van der Waals surface area contributed by atoms with E-state index in [1.807, 2.05) is 19.1 Å². The summed E-state index contributed by atoms with van der Waals surface area (Å²) >= 11 is 3.36. The topological polar surface area (TPSA) is 53.4 Å². The Morgan fingerprint density at radius 2 is 2.37 bits per heavy atom. The van der Waals surface area contributed by atoms with Gasteiger partial charge in [-0.2, -0.15) is 0 Å². The molecule has 19 heavy (non-hydrogen) atoms. The van der Waals surface area contributed by atoms with Crippen molar-refractivity contribution in [3.05, 3.63) is 28.5 Å². The highest BCUT2D eigenvalue weighted by Crippen LogP contribution is 2.36. The average molecular weight is 327 g/mol. The van der Waals surface area contributed by atoms with Gasteiger partial charge in [0.15, 0.2) is 0 Å². The summed E-state index contributed by atoms with van der Waals surface area (Å²) in [6.07, 6.45) is 4.19. The first-order chi connectivity index (χ1) is 9.05. The fourth-order valence-electron chi connectivity index (χ4n) is 2.79. The zero-order chi connectivity index (χ0) is 13.9. The minimum absolute atomic E-state index is 0.551. The summed E-state index contributed by atoms with van der Waals surface area (Å²) < 4.78 is 0.962. The molecular weight excluding hydrogens is 308 g/mol. The van der Waals surface area contributed by atoms with Crippen molar-refractivity contribution in [2.45, 2.75) is 32.7 Å².